The molecule has 2 aromatic rings. The number of carbonyl (C=O) groups is 2. The van der Waals surface area contributed by atoms with Gasteiger partial charge in [-0.25, -0.2) is 4.98 Å². The Morgan fingerprint density at radius 2 is 2.13 bits per heavy atom. The minimum Gasteiger partial charge on any atom is -0.462 e. The van der Waals surface area contributed by atoms with Gasteiger partial charge in [-0.2, -0.15) is 0 Å². The first kappa shape index (κ1) is 16.7. The molecule has 0 atom stereocenters. The molecule has 0 fully saturated rings. The highest BCUT2D eigenvalue weighted by atomic mass is 16.5. The highest BCUT2D eigenvalue weighted by molar-refractivity contribution is 5.86. The van der Waals surface area contributed by atoms with E-state index in [0.717, 1.165) is 16.9 Å². The lowest BCUT2D eigenvalue weighted by Crippen LogP contribution is -2.25. The van der Waals surface area contributed by atoms with E-state index in [0.29, 0.717) is 13.0 Å². The fourth-order valence-electron chi connectivity index (χ4n) is 2.29. The van der Waals surface area contributed by atoms with Crippen LogP contribution < -0.4 is 5.32 Å². The lowest BCUT2D eigenvalue weighted by Gasteiger charge is -2.11. The Labute approximate surface area is 135 Å². The van der Waals surface area contributed by atoms with Crippen LogP contribution in [0.3, 0.4) is 0 Å². The number of fused-ring (bicyclic) bond motifs is 1. The molecular weight excluding hydrogens is 294 g/mol. The molecule has 6 heteroatoms. The molecule has 0 radical (unpaired) electrons. The summed E-state index contributed by atoms with van der Waals surface area (Å²) in [5.41, 5.74) is 1.69. The van der Waals surface area contributed by atoms with Crippen molar-refractivity contribution in [3.63, 3.8) is 0 Å². The number of para-hydroxylation sites is 2. The average molecular weight is 315 g/mol. The van der Waals surface area contributed by atoms with E-state index in [2.05, 4.69) is 16.9 Å². The van der Waals surface area contributed by atoms with Gasteiger partial charge in [0.25, 0.3) is 0 Å². The normalized spacial score (nSPS) is 10.7. The molecule has 0 saturated heterocycles. The molecular formula is C17H21N3O3. The van der Waals surface area contributed by atoms with Crippen molar-refractivity contribution >= 4 is 22.9 Å². The molecule has 1 aromatic carbocycles. The maximum atomic E-state index is 12.0. The molecule has 1 heterocycles. The van der Waals surface area contributed by atoms with Crippen LogP contribution in [0.5, 0.6) is 0 Å². The summed E-state index contributed by atoms with van der Waals surface area (Å²) in [6, 6.07) is 7.61. The Morgan fingerprint density at radius 1 is 1.39 bits per heavy atom. The number of nitrogens with one attached hydrogen (secondary N) is 1. The summed E-state index contributed by atoms with van der Waals surface area (Å²) in [4.78, 5) is 27.8. The number of ether oxygens (including phenoxy) is 1. The third kappa shape index (κ3) is 4.42. The van der Waals surface area contributed by atoms with Crippen LogP contribution >= 0.6 is 0 Å². The van der Waals surface area contributed by atoms with Gasteiger partial charge in [0.05, 0.1) is 17.1 Å². The quantitative estimate of drug-likeness (QED) is 0.625. The fraction of sp³-hybridized carbons (Fsp3) is 0.353. The van der Waals surface area contributed by atoms with Gasteiger partial charge in [-0.3, -0.25) is 9.59 Å². The zero-order valence-corrected chi connectivity index (χ0v) is 13.4. The summed E-state index contributed by atoms with van der Waals surface area (Å²) < 4.78 is 7.05. The first-order valence-electron chi connectivity index (χ1n) is 7.55. The van der Waals surface area contributed by atoms with Crippen LogP contribution in [0.15, 0.2) is 36.9 Å². The van der Waals surface area contributed by atoms with E-state index < -0.39 is 0 Å². The average Bonchev–Trinajstić information content (AvgIpc) is 2.84. The Kier molecular flexibility index (Phi) is 5.51. The second-order valence-electron chi connectivity index (χ2n) is 5.39. The van der Waals surface area contributed by atoms with Gasteiger partial charge < -0.3 is 14.6 Å². The smallest absolute Gasteiger partial charge is 0.326 e. The number of rotatable bonds is 7. The van der Waals surface area contributed by atoms with E-state index in [4.69, 9.17) is 4.74 Å². The number of imidazole rings is 1. The third-order valence-electron chi connectivity index (χ3n) is 3.22. The van der Waals surface area contributed by atoms with E-state index >= 15 is 0 Å². The van der Waals surface area contributed by atoms with Crippen LogP contribution in [0.4, 0.5) is 0 Å². The lowest BCUT2D eigenvalue weighted by atomic mass is 10.3. The molecule has 2 rings (SSSR count). The topological polar surface area (TPSA) is 73.2 Å². The van der Waals surface area contributed by atoms with Gasteiger partial charge in [0.1, 0.15) is 12.4 Å². The van der Waals surface area contributed by atoms with Crippen LogP contribution in [0.1, 0.15) is 19.7 Å². The highest BCUT2D eigenvalue weighted by Crippen LogP contribution is 2.16. The predicted octanol–water partition coefficient (Wildman–Crippen LogP) is 1.83. The summed E-state index contributed by atoms with van der Waals surface area (Å²) in [6.45, 7) is 7.57. The van der Waals surface area contributed by atoms with Crippen molar-refractivity contribution in [3.05, 3.63) is 42.7 Å². The van der Waals surface area contributed by atoms with E-state index in [1.54, 1.807) is 0 Å². The van der Waals surface area contributed by atoms with Crippen LogP contribution in [0.2, 0.25) is 0 Å². The minimum atomic E-state index is -0.306. The van der Waals surface area contributed by atoms with E-state index in [1.165, 1.54) is 6.08 Å². The van der Waals surface area contributed by atoms with Gasteiger partial charge in [0.15, 0.2) is 0 Å². The summed E-state index contributed by atoms with van der Waals surface area (Å²) in [6.07, 6.45) is 1.58. The largest absolute Gasteiger partial charge is 0.462 e. The Morgan fingerprint density at radius 3 is 2.83 bits per heavy atom. The molecule has 0 aliphatic heterocycles. The van der Waals surface area contributed by atoms with Gasteiger partial charge in [-0.1, -0.05) is 18.7 Å². The van der Waals surface area contributed by atoms with Crippen LogP contribution in [0, 0.1) is 0 Å². The highest BCUT2D eigenvalue weighted by Gasteiger charge is 2.15. The van der Waals surface area contributed by atoms with Crippen molar-refractivity contribution in [2.45, 2.75) is 32.9 Å². The Hall–Kier alpha value is -2.63. The van der Waals surface area contributed by atoms with Gasteiger partial charge >= 0.3 is 5.97 Å². The molecule has 0 spiro atoms. The van der Waals surface area contributed by atoms with Crippen molar-refractivity contribution in [2.75, 3.05) is 6.54 Å². The predicted molar refractivity (Wildman–Crippen MR) is 87.9 cm³/mol. The number of carbonyl (C=O) groups excluding carboxylic acids is 2. The third-order valence-corrected chi connectivity index (χ3v) is 3.22. The van der Waals surface area contributed by atoms with Gasteiger partial charge in [-0.15, -0.1) is 0 Å². The number of hydrogen-bond acceptors (Lipinski definition) is 4. The van der Waals surface area contributed by atoms with Crippen molar-refractivity contribution in [1.29, 1.82) is 0 Å². The maximum absolute atomic E-state index is 12.0. The van der Waals surface area contributed by atoms with E-state index in [1.807, 2.05) is 42.7 Å². The molecule has 0 aliphatic carbocycles. The summed E-state index contributed by atoms with van der Waals surface area (Å²) in [7, 11) is 0. The van der Waals surface area contributed by atoms with Crippen molar-refractivity contribution < 1.29 is 14.3 Å². The summed E-state index contributed by atoms with van der Waals surface area (Å²) in [5.74, 6) is 0.197. The number of hydrogen-bond donors (Lipinski definition) is 1. The van der Waals surface area contributed by atoms with Crippen LogP contribution in [-0.2, 0) is 27.3 Å². The van der Waals surface area contributed by atoms with E-state index in [9.17, 15) is 9.59 Å². The maximum Gasteiger partial charge on any atom is 0.326 e. The zero-order chi connectivity index (χ0) is 16.8. The zero-order valence-electron chi connectivity index (χ0n) is 13.4. The first-order chi connectivity index (χ1) is 11.0. The summed E-state index contributed by atoms with van der Waals surface area (Å²) >= 11 is 0. The molecule has 23 heavy (non-hydrogen) atoms. The molecule has 1 N–H and O–H groups in total. The van der Waals surface area contributed by atoms with Crippen LogP contribution in [0.25, 0.3) is 11.0 Å². The van der Waals surface area contributed by atoms with Gasteiger partial charge in [-0.05, 0) is 32.1 Å². The fourth-order valence-corrected chi connectivity index (χ4v) is 2.29. The second-order valence-corrected chi connectivity index (χ2v) is 5.39. The van der Waals surface area contributed by atoms with E-state index in [-0.39, 0.29) is 24.5 Å². The first-order valence-corrected chi connectivity index (χ1v) is 7.55. The van der Waals surface area contributed by atoms with Crippen molar-refractivity contribution in [2.24, 2.45) is 0 Å². The lowest BCUT2D eigenvalue weighted by molar-refractivity contribution is -0.148. The minimum absolute atomic E-state index is 0.101. The Balaban J connectivity index is 2.20. The molecule has 0 saturated carbocycles. The standard InChI is InChI=1S/C17H21N3O3/c1-4-16(21)18-10-9-15-19-13-7-5-6-8-14(13)20(15)11-17(22)23-12(2)3/h4-8,12H,1,9-11H2,2-3H3,(H,18,21). The molecule has 122 valence electrons. The molecule has 6 nitrogen and oxygen atoms in total. The molecule has 0 aliphatic rings. The van der Waals surface area contributed by atoms with Crippen molar-refractivity contribution in [3.8, 4) is 0 Å². The van der Waals surface area contributed by atoms with Crippen molar-refractivity contribution in [1.82, 2.24) is 14.9 Å². The van der Waals surface area contributed by atoms with Gasteiger partial charge in [0.2, 0.25) is 5.91 Å². The number of amides is 1. The number of aromatic nitrogens is 2. The molecule has 1 aromatic heterocycles. The number of esters is 1. The number of benzene rings is 1. The van der Waals surface area contributed by atoms with Crippen LogP contribution in [-0.4, -0.2) is 34.1 Å². The molecule has 1 amide bonds. The molecule has 0 bridgehead atoms. The number of nitrogens with zero attached hydrogens (tertiary/aromatic N) is 2. The second kappa shape index (κ2) is 7.58. The SMILES string of the molecule is C=CC(=O)NCCc1nc2ccccc2n1CC(=O)OC(C)C. The Bertz CT molecular complexity index is 719. The monoisotopic (exact) mass is 315 g/mol. The summed E-state index contributed by atoms with van der Waals surface area (Å²) in [5, 5.41) is 2.71. The molecule has 0 unspecified atom stereocenters. The van der Waals surface area contributed by atoms with Gasteiger partial charge in [0, 0.05) is 13.0 Å².